The van der Waals surface area contributed by atoms with Crippen LogP contribution >= 0.6 is 0 Å². The Morgan fingerprint density at radius 2 is 1.41 bits per heavy atom. The first-order valence-corrected chi connectivity index (χ1v) is 9.84. The predicted octanol–water partition coefficient (Wildman–Crippen LogP) is 2.09. The first-order chi connectivity index (χ1) is 15.7. The highest BCUT2D eigenvalue weighted by atomic mass is 19.4. The number of hydrogen-bond donors (Lipinski definition) is 0. The first kappa shape index (κ1) is 26.9. The van der Waals surface area contributed by atoms with E-state index >= 15 is 0 Å². The van der Waals surface area contributed by atoms with Gasteiger partial charge in [0.2, 0.25) is 12.4 Å². The van der Waals surface area contributed by atoms with E-state index in [0.717, 1.165) is 46.1 Å². The number of rotatable bonds is 6. The summed E-state index contributed by atoms with van der Waals surface area (Å²) in [6.07, 6.45) is -12.7. The molecule has 0 bridgehead atoms. The molecule has 1 fully saturated rings. The molecule has 0 saturated carbocycles. The van der Waals surface area contributed by atoms with Crippen molar-refractivity contribution < 1.29 is 60.8 Å². The van der Waals surface area contributed by atoms with Gasteiger partial charge in [-0.3, -0.25) is 14.4 Å². The molecule has 10 nitrogen and oxygen atoms in total. The van der Waals surface area contributed by atoms with Crippen molar-refractivity contribution in [3.05, 3.63) is 29.3 Å². The third kappa shape index (κ3) is 6.59. The Kier molecular flexibility index (Phi) is 8.48. The van der Waals surface area contributed by atoms with Crippen LogP contribution in [0.4, 0.5) is 13.2 Å². The topological polar surface area (TPSA) is 124 Å². The Labute approximate surface area is 192 Å². The number of carbonyl (C=O) groups is 4. The quantitative estimate of drug-likeness (QED) is 0.431. The van der Waals surface area contributed by atoms with Gasteiger partial charge in [0.15, 0.2) is 18.3 Å². The normalized spacial score (nSPS) is 24.5. The van der Waals surface area contributed by atoms with Crippen molar-refractivity contribution in [1.82, 2.24) is 0 Å². The van der Waals surface area contributed by atoms with Crippen molar-refractivity contribution in [2.24, 2.45) is 0 Å². The molecule has 1 aliphatic heterocycles. The van der Waals surface area contributed by atoms with Crippen LogP contribution in [0.1, 0.15) is 31.9 Å². The lowest BCUT2D eigenvalue weighted by Gasteiger charge is -2.43. The van der Waals surface area contributed by atoms with Gasteiger partial charge in [0.05, 0.1) is 12.7 Å². The second kappa shape index (κ2) is 10.7. The third-order valence-corrected chi connectivity index (χ3v) is 4.58. The number of methoxy groups -OCH3 is 1. The third-order valence-electron chi connectivity index (χ3n) is 4.58. The second-order valence-electron chi connectivity index (χ2n) is 7.27. The van der Waals surface area contributed by atoms with Crippen molar-refractivity contribution in [1.29, 1.82) is 0 Å². The number of alkyl halides is 3. The summed E-state index contributed by atoms with van der Waals surface area (Å²) in [6, 6.07) is 2.59. The van der Waals surface area contributed by atoms with Crippen LogP contribution in [0, 0.1) is 6.92 Å². The number of benzene rings is 1. The molecule has 5 atom stereocenters. The zero-order chi connectivity index (χ0) is 25.8. The molecule has 1 aromatic rings. The van der Waals surface area contributed by atoms with E-state index in [1.165, 1.54) is 6.92 Å². The standard InChI is InChI=1S/C21H23F3O10/c1-9-8-13(21(22,23)24)6-7-14(9)33-20-18(32-12(4)27)16(31-11(3)26)15(30-10(2)25)17(34-20)19(28)29-5/h6-8,15-18,20H,1-5H3/t15-,16-,17-,18+,20+/m0/s1. The monoisotopic (exact) mass is 492 g/mol. The number of ether oxygens (including phenoxy) is 6. The lowest BCUT2D eigenvalue weighted by atomic mass is 9.97. The fourth-order valence-electron chi connectivity index (χ4n) is 3.26. The number of carbonyl (C=O) groups excluding carboxylic acids is 4. The van der Waals surface area contributed by atoms with Crippen molar-refractivity contribution >= 4 is 23.9 Å². The smallest absolute Gasteiger partial charge is 0.416 e. The Morgan fingerprint density at radius 1 is 0.882 bits per heavy atom. The summed E-state index contributed by atoms with van der Waals surface area (Å²) in [5.74, 6) is -3.77. The zero-order valence-corrected chi connectivity index (χ0v) is 18.8. The average molecular weight is 492 g/mol. The summed E-state index contributed by atoms with van der Waals surface area (Å²) in [5.41, 5.74) is -0.889. The van der Waals surface area contributed by atoms with Crippen LogP contribution in [0.25, 0.3) is 0 Å². The predicted molar refractivity (Wildman–Crippen MR) is 104 cm³/mol. The van der Waals surface area contributed by atoms with Gasteiger partial charge in [-0.15, -0.1) is 0 Å². The molecule has 0 spiro atoms. The second-order valence-corrected chi connectivity index (χ2v) is 7.27. The molecule has 0 amide bonds. The molecule has 1 heterocycles. The van der Waals surface area contributed by atoms with Gasteiger partial charge in [-0.25, -0.2) is 4.79 Å². The Morgan fingerprint density at radius 3 is 1.88 bits per heavy atom. The summed E-state index contributed by atoms with van der Waals surface area (Å²) in [6.45, 7) is 4.40. The fourth-order valence-corrected chi connectivity index (χ4v) is 3.26. The highest BCUT2D eigenvalue weighted by Crippen LogP contribution is 2.35. The molecule has 0 aromatic heterocycles. The average Bonchev–Trinajstić information content (AvgIpc) is 2.71. The summed E-state index contributed by atoms with van der Waals surface area (Å²) in [4.78, 5) is 47.6. The van der Waals surface area contributed by atoms with Crippen LogP contribution in [0.5, 0.6) is 5.75 Å². The van der Waals surface area contributed by atoms with Crippen LogP contribution in [0.15, 0.2) is 18.2 Å². The van der Waals surface area contributed by atoms with Gasteiger partial charge in [0.1, 0.15) is 5.75 Å². The minimum atomic E-state index is -4.60. The van der Waals surface area contributed by atoms with Gasteiger partial charge in [-0.1, -0.05) is 0 Å². The van der Waals surface area contributed by atoms with Gasteiger partial charge in [-0.2, -0.15) is 13.2 Å². The summed E-state index contributed by atoms with van der Waals surface area (Å²) < 4.78 is 70.4. The molecule has 2 rings (SSSR count). The van der Waals surface area contributed by atoms with E-state index in [-0.39, 0.29) is 11.3 Å². The molecule has 1 aromatic carbocycles. The minimum absolute atomic E-state index is 0.0424. The van der Waals surface area contributed by atoms with E-state index in [2.05, 4.69) is 4.74 Å². The molecule has 0 aliphatic carbocycles. The Hall–Kier alpha value is -3.35. The molecule has 1 aliphatic rings. The molecule has 1 saturated heterocycles. The Balaban J connectivity index is 2.53. The Bertz CT molecular complexity index is 945. The molecular formula is C21H23F3O10. The van der Waals surface area contributed by atoms with Gasteiger partial charge in [0, 0.05) is 20.8 Å². The summed E-state index contributed by atoms with van der Waals surface area (Å²) >= 11 is 0. The van der Waals surface area contributed by atoms with Gasteiger partial charge in [-0.05, 0) is 30.7 Å². The summed E-state index contributed by atoms with van der Waals surface area (Å²) in [5, 5.41) is 0. The lowest BCUT2D eigenvalue weighted by molar-refractivity contribution is -0.282. The van der Waals surface area contributed by atoms with E-state index in [0.29, 0.717) is 0 Å². The maximum atomic E-state index is 13.0. The maximum absolute atomic E-state index is 13.0. The largest absolute Gasteiger partial charge is 0.467 e. The maximum Gasteiger partial charge on any atom is 0.416 e. The van der Waals surface area contributed by atoms with Gasteiger partial charge < -0.3 is 28.4 Å². The SMILES string of the molecule is COC(=O)[C@H]1O[C@@H](Oc2ccc(C(F)(F)F)cc2C)[C@H](OC(C)=O)[C@@H](OC(C)=O)[C@@H]1OC(C)=O. The minimum Gasteiger partial charge on any atom is -0.467 e. The number of aryl methyl sites for hydroxylation is 1. The molecular weight excluding hydrogens is 469 g/mol. The lowest BCUT2D eigenvalue weighted by Crippen LogP contribution is -2.64. The van der Waals surface area contributed by atoms with E-state index in [1.807, 2.05) is 0 Å². The van der Waals surface area contributed by atoms with Crippen LogP contribution in [-0.2, 0) is 49.0 Å². The van der Waals surface area contributed by atoms with E-state index in [9.17, 15) is 32.3 Å². The highest BCUT2D eigenvalue weighted by Gasteiger charge is 2.56. The van der Waals surface area contributed by atoms with E-state index in [4.69, 9.17) is 23.7 Å². The molecule has 188 valence electrons. The van der Waals surface area contributed by atoms with Crippen molar-refractivity contribution in [3.63, 3.8) is 0 Å². The van der Waals surface area contributed by atoms with Crippen LogP contribution in [0.3, 0.4) is 0 Å². The van der Waals surface area contributed by atoms with Gasteiger partial charge >= 0.3 is 30.1 Å². The van der Waals surface area contributed by atoms with Crippen LogP contribution in [0.2, 0.25) is 0 Å². The number of esters is 4. The molecule has 0 N–H and O–H groups in total. The molecule has 0 unspecified atom stereocenters. The zero-order valence-electron chi connectivity index (χ0n) is 18.8. The van der Waals surface area contributed by atoms with Crippen molar-refractivity contribution in [2.45, 2.75) is 64.6 Å². The highest BCUT2D eigenvalue weighted by molar-refractivity contribution is 5.77. The van der Waals surface area contributed by atoms with Crippen molar-refractivity contribution in [3.8, 4) is 5.75 Å². The molecule has 13 heteroatoms. The summed E-state index contributed by atoms with van der Waals surface area (Å²) in [7, 11) is 1.02. The fraction of sp³-hybridized carbons (Fsp3) is 0.524. The molecule has 0 radical (unpaired) electrons. The van der Waals surface area contributed by atoms with Crippen LogP contribution < -0.4 is 4.74 Å². The number of halogens is 3. The first-order valence-electron chi connectivity index (χ1n) is 9.84. The van der Waals surface area contributed by atoms with Crippen LogP contribution in [-0.4, -0.2) is 61.7 Å². The number of hydrogen-bond acceptors (Lipinski definition) is 10. The van der Waals surface area contributed by atoms with Gasteiger partial charge in [0.25, 0.3) is 0 Å². The van der Waals surface area contributed by atoms with Crippen molar-refractivity contribution in [2.75, 3.05) is 7.11 Å². The van der Waals surface area contributed by atoms with E-state index in [1.54, 1.807) is 0 Å². The molecule has 34 heavy (non-hydrogen) atoms. The van der Waals surface area contributed by atoms with E-state index < -0.39 is 66.3 Å².